The largest absolute Gasteiger partial charge is 0.480 e. The van der Waals surface area contributed by atoms with Gasteiger partial charge in [0.2, 0.25) is 0 Å². The molecule has 2 atom stereocenters. The molecule has 3 aromatic carbocycles. The molecule has 0 bridgehead atoms. The van der Waals surface area contributed by atoms with Crippen LogP contribution < -0.4 is 33.7 Å². The monoisotopic (exact) mass is 1360 g/mol. The number of aryl methyl sites for hydroxylation is 9. The Hall–Kier alpha value is -9.60. The summed E-state index contributed by atoms with van der Waals surface area (Å²) in [6.45, 7) is 12.9. The average molecular weight is 1360 g/mol. The molecule has 9 rings (SSSR count). The van der Waals surface area contributed by atoms with Gasteiger partial charge in [-0.15, -0.1) is 34.0 Å². The Morgan fingerprint density at radius 1 is 0.415 bits per heavy atom. The second-order valence-corrected chi connectivity index (χ2v) is 23.0. The van der Waals surface area contributed by atoms with Crippen molar-refractivity contribution in [3.8, 4) is 0 Å². The SMILES string of the molecule is C.C.C.C.C.CCOC(=O)c1sc2c(c1C)c(=O)n(CC(=O)O)c(=O)n2CCc1ccccc1.CCOC(=O)c1sc2c(c1C)c(=O)n([C@@H](C)C(=O)O)c(=O)n2CCc1ccccc1.CCOC(=O)c1sc2c(c1C)c(=O)n([C@H](C)C(=O)O)c(=O)n2CCc1ccccc1. The van der Waals surface area contributed by atoms with Gasteiger partial charge < -0.3 is 29.5 Å². The van der Waals surface area contributed by atoms with Crippen LogP contribution in [0.5, 0.6) is 0 Å². The maximum atomic E-state index is 13.1. The highest BCUT2D eigenvalue weighted by molar-refractivity contribution is 7.21. The van der Waals surface area contributed by atoms with Crippen molar-refractivity contribution in [2.45, 2.75) is 150 Å². The lowest BCUT2D eigenvalue weighted by Crippen LogP contribution is -2.43. The summed E-state index contributed by atoms with van der Waals surface area (Å²) in [6, 6.07) is 25.8. The van der Waals surface area contributed by atoms with Gasteiger partial charge >= 0.3 is 52.9 Å². The molecule has 9 aromatic rings. The van der Waals surface area contributed by atoms with Crippen LogP contribution in [0, 0.1) is 20.8 Å². The van der Waals surface area contributed by atoms with Crippen molar-refractivity contribution in [2.75, 3.05) is 19.8 Å². The van der Waals surface area contributed by atoms with E-state index < -0.39 is 88.2 Å². The van der Waals surface area contributed by atoms with Crippen molar-refractivity contribution in [3.63, 3.8) is 0 Å². The van der Waals surface area contributed by atoms with Crippen LogP contribution >= 0.6 is 34.0 Å². The maximum Gasteiger partial charge on any atom is 0.348 e. The van der Waals surface area contributed by atoms with Crippen molar-refractivity contribution in [3.05, 3.63) is 202 Å². The van der Waals surface area contributed by atoms with Crippen molar-refractivity contribution >= 4 is 100 Å². The third-order valence-corrected chi connectivity index (χ3v) is 18.2. The number of hydrogen-bond donors (Lipinski definition) is 3. The van der Waals surface area contributed by atoms with Crippen LogP contribution in [0.2, 0.25) is 0 Å². The van der Waals surface area contributed by atoms with E-state index in [1.54, 1.807) is 41.5 Å². The normalized spacial score (nSPS) is 11.1. The summed E-state index contributed by atoms with van der Waals surface area (Å²) in [5.41, 5.74) is -0.161. The van der Waals surface area contributed by atoms with E-state index in [4.69, 9.17) is 19.3 Å². The highest BCUT2D eigenvalue weighted by Gasteiger charge is 2.30. The van der Waals surface area contributed by atoms with E-state index in [0.29, 0.717) is 55.0 Å². The summed E-state index contributed by atoms with van der Waals surface area (Å²) >= 11 is 3.05. The minimum atomic E-state index is -1.34. The van der Waals surface area contributed by atoms with Crippen LogP contribution in [0.1, 0.15) is 146 Å². The molecule has 6 aromatic heterocycles. The number of fused-ring (bicyclic) bond motifs is 3. The number of carboxylic acid groups (broad SMARTS) is 3. The van der Waals surface area contributed by atoms with Gasteiger partial charge in [0.1, 0.15) is 47.8 Å². The fraction of sp³-hybridized carbons (Fsp3) is 0.373. The Labute approximate surface area is 554 Å². The first-order chi connectivity index (χ1) is 42.4. The number of ether oxygens (including phenoxy) is 3. The number of carbonyl (C=O) groups is 6. The number of carboxylic acids is 3. The van der Waals surface area contributed by atoms with Gasteiger partial charge in [0.25, 0.3) is 16.7 Å². The van der Waals surface area contributed by atoms with E-state index >= 15 is 0 Å². The zero-order valence-electron chi connectivity index (χ0n) is 49.8. The summed E-state index contributed by atoms with van der Waals surface area (Å²) in [4.78, 5) is 151. The number of carbonyl (C=O) groups excluding carboxylic acids is 3. The van der Waals surface area contributed by atoms with Gasteiger partial charge in [0, 0.05) is 19.6 Å². The summed E-state index contributed by atoms with van der Waals surface area (Å²) in [5, 5.41) is 28.5. The smallest absolute Gasteiger partial charge is 0.348 e. The number of hydrogen-bond acceptors (Lipinski definition) is 18. The second-order valence-electron chi connectivity index (χ2n) is 20.0. The van der Waals surface area contributed by atoms with Crippen molar-refractivity contribution in [1.29, 1.82) is 0 Å². The predicted molar refractivity (Wildman–Crippen MR) is 370 cm³/mol. The maximum absolute atomic E-state index is 13.1. The Balaban J connectivity index is 0.000000468. The van der Waals surface area contributed by atoms with Crippen LogP contribution in [0.15, 0.2) is 120 Å². The van der Waals surface area contributed by atoms with Gasteiger partial charge in [0.15, 0.2) is 0 Å². The van der Waals surface area contributed by atoms with Crippen LogP contribution in [0.3, 0.4) is 0 Å². The standard InChI is InChI=1S/2C21H22N2O6S.C20H20N2O6S.5CH4/c2*1-4-29-20(27)16-12(2)15-17(24)23(13(3)19(25)26)21(28)22(18(15)30-16)11-10-14-8-6-5-7-9-14;1-3-28-19(26)16-12(2)15-17(25)22(11-14(23)24)20(27)21(18(15)29-16)10-9-13-7-5-4-6-8-13;;;;;/h2*5-9,13H,4,10-11H2,1-3H3,(H,25,26);4-8H,3,9-11H2,1-2H3,(H,23,24);5*1H4/t2*13-;;;;;;/m10....../s1. The van der Waals surface area contributed by atoms with Gasteiger partial charge in [-0.25, -0.2) is 52.1 Å². The molecule has 0 radical (unpaired) electrons. The Morgan fingerprint density at radius 2 is 0.681 bits per heavy atom. The number of thiophene rings is 3. The van der Waals surface area contributed by atoms with E-state index in [2.05, 4.69) is 0 Å². The Morgan fingerprint density at radius 3 is 0.936 bits per heavy atom. The van der Waals surface area contributed by atoms with Gasteiger partial charge in [-0.1, -0.05) is 128 Å². The first-order valence-electron chi connectivity index (χ1n) is 28.0. The lowest BCUT2D eigenvalue weighted by atomic mass is 10.1. The minimum Gasteiger partial charge on any atom is -0.480 e. The van der Waals surface area contributed by atoms with E-state index in [-0.39, 0.29) is 107 Å². The topological polar surface area (TPSA) is 323 Å². The molecule has 3 N–H and O–H groups in total. The molecule has 0 fully saturated rings. The molecular weight excluding hydrogens is 1270 g/mol. The van der Waals surface area contributed by atoms with Crippen LogP contribution in [0.4, 0.5) is 0 Å². The third-order valence-electron chi connectivity index (χ3n) is 14.3. The summed E-state index contributed by atoms with van der Waals surface area (Å²) in [7, 11) is 0. The lowest BCUT2D eigenvalue weighted by Gasteiger charge is -2.15. The van der Waals surface area contributed by atoms with Gasteiger partial charge in [0.05, 0.1) is 36.0 Å². The zero-order valence-corrected chi connectivity index (χ0v) is 52.2. The highest BCUT2D eigenvalue weighted by Crippen LogP contribution is 2.32. The molecule has 6 heterocycles. The third kappa shape index (κ3) is 17.2. The first-order valence-corrected chi connectivity index (χ1v) is 30.5. The summed E-state index contributed by atoms with van der Waals surface area (Å²) < 4.78 is 21.5. The highest BCUT2D eigenvalue weighted by atomic mass is 32.1. The molecule has 0 aliphatic carbocycles. The number of nitrogens with zero attached hydrogens (tertiary/aromatic N) is 6. The Kier molecular flexibility index (Phi) is 30.3. The van der Waals surface area contributed by atoms with Crippen LogP contribution in [-0.2, 0) is 74.0 Å². The number of rotatable bonds is 21. The summed E-state index contributed by atoms with van der Waals surface area (Å²) in [5.74, 6) is -5.59. The van der Waals surface area contributed by atoms with Crippen LogP contribution in [-0.4, -0.2) is 98.4 Å². The minimum absolute atomic E-state index is 0. The van der Waals surface area contributed by atoms with E-state index in [1.807, 2.05) is 91.0 Å². The van der Waals surface area contributed by atoms with Gasteiger partial charge in [-0.05, 0) is 108 Å². The molecule has 0 spiro atoms. The summed E-state index contributed by atoms with van der Waals surface area (Å²) in [6.07, 6.45) is 1.51. The van der Waals surface area contributed by atoms with Crippen LogP contribution in [0.25, 0.3) is 30.6 Å². The van der Waals surface area contributed by atoms with Gasteiger partial charge in [-0.3, -0.25) is 32.9 Å². The molecule has 0 amide bonds. The Bertz CT molecular complexity index is 4360. The molecule has 0 aliphatic rings. The molecule has 27 heteroatoms. The molecule has 94 heavy (non-hydrogen) atoms. The number of aliphatic carboxylic acids is 3. The van der Waals surface area contributed by atoms with Crippen molar-refractivity contribution in [1.82, 2.24) is 27.4 Å². The molecule has 508 valence electrons. The molecule has 0 saturated heterocycles. The average Bonchev–Trinajstić information content (AvgIpc) is 1.57. The lowest BCUT2D eigenvalue weighted by molar-refractivity contribution is -0.141. The van der Waals surface area contributed by atoms with E-state index in [1.165, 1.54) is 27.5 Å². The quantitative estimate of drug-likeness (QED) is 0.0444. The fourth-order valence-electron chi connectivity index (χ4n) is 9.72. The number of benzene rings is 3. The predicted octanol–water partition coefficient (Wildman–Crippen LogP) is 10.4. The molecule has 0 unspecified atom stereocenters. The molecule has 24 nitrogen and oxygen atoms in total. The first kappa shape index (κ1) is 80.5. The number of esters is 3. The molecule has 0 saturated carbocycles. The zero-order chi connectivity index (χ0) is 65.1. The number of aromatic nitrogens is 6. The molecule has 0 aliphatic heterocycles. The fourth-order valence-corrected chi connectivity index (χ4v) is 13.4. The van der Waals surface area contributed by atoms with E-state index in [9.17, 15) is 67.7 Å². The van der Waals surface area contributed by atoms with Crippen molar-refractivity contribution < 1.29 is 58.3 Å². The molecular formula is C67H84N6O18S3. The second kappa shape index (κ2) is 35.4. The van der Waals surface area contributed by atoms with Gasteiger partial charge in [-0.2, -0.15) is 0 Å². The van der Waals surface area contributed by atoms with E-state index in [0.717, 1.165) is 59.8 Å². The van der Waals surface area contributed by atoms with Crippen molar-refractivity contribution in [2.24, 2.45) is 0 Å².